The summed E-state index contributed by atoms with van der Waals surface area (Å²) in [6.07, 6.45) is 1.85. The van der Waals surface area contributed by atoms with Crippen LogP contribution in [0.25, 0.3) is 0 Å². The molecule has 10 nitrogen and oxygen atoms in total. The van der Waals surface area contributed by atoms with Gasteiger partial charge in [-0.25, -0.2) is 9.78 Å². The monoisotopic (exact) mass is 453 g/mol. The average Bonchev–Trinajstić information content (AvgIpc) is 3.40. The van der Waals surface area contributed by atoms with Crippen molar-refractivity contribution in [2.45, 2.75) is 30.4 Å². The van der Waals surface area contributed by atoms with E-state index in [1.54, 1.807) is 17.1 Å². The summed E-state index contributed by atoms with van der Waals surface area (Å²) in [6.45, 7) is 1.20. The van der Waals surface area contributed by atoms with Crippen molar-refractivity contribution in [3.8, 4) is 0 Å². The first-order chi connectivity index (χ1) is 14.5. The molecule has 0 aromatic carbocycles. The van der Waals surface area contributed by atoms with Crippen LogP contribution in [0.3, 0.4) is 0 Å². The first-order valence-electron chi connectivity index (χ1n) is 9.48. The first-order valence-corrected chi connectivity index (χ1v) is 11.4. The smallest absolute Gasteiger partial charge is 0.354 e. The average molecular weight is 454 g/mol. The number of methoxy groups -OCH3 is 1. The molecule has 3 N–H and O–H groups in total. The number of esters is 1. The lowest BCUT2D eigenvalue weighted by Crippen LogP contribution is -2.67. The van der Waals surface area contributed by atoms with Crippen molar-refractivity contribution in [2.75, 3.05) is 38.9 Å². The maximum atomic E-state index is 12.8. The molecule has 3 aliphatic rings. The van der Waals surface area contributed by atoms with Crippen LogP contribution in [0.15, 0.2) is 21.8 Å². The molecular formula is C18H23N5O5S2. The predicted octanol–water partition coefficient (Wildman–Crippen LogP) is 0.555. The highest BCUT2D eigenvalue weighted by atomic mass is 32.2. The topological polar surface area (TPSA) is 128 Å². The number of ether oxygens (including phenoxy) is 2. The number of fused-ring (bicyclic) bond motifs is 1. The van der Waals surface area contributed by atoms with E-state index >= 15 is 0 Å². The lowest BCUT2D eigenvalue weighted by Gasteiger charge is -2.52. The molecule has 2 fully saturated rings. The molecule has 1 amide bonds. The Morgan fingerprint density at radius 3 is 2.90 bits per heavy atom. The van der Waals surface area contributed by atoms with Gasteiger partial charge in [-0.2, -0.15) is 0 Å². The highest BCUT2D eigenvalue weighted by molar-refractivity contribution is 8.00. The van der Waals surface area contributed by atoms with E-state index in [4.69, 9.17) is 20.0 Å². The number of thiazole rings is 1. The molecule has 162 valence electrons. The number of hydrogen-bond donors (Lipinski definition) is 2. The fourth-order valence-corrected chi connectivity index (χ4v) is 5.81. The van der Waals surface area contributed by atoms with E-state index in [-0.39, 0.29) is 29.2 Å². The SMILES string of the molecule is CO/N=C(\C(=O)NC1CN2C(C(=O)OC)=C(C3CCCO3)CSC12)c1csc(N)n1. The fourth-order valence-electron chi connectivity index (χ4n) is 3.83. The van der Waals surface area contributed by atoms with Gasteiger partial charge in [0.05, 0.1) is 24.6 Å². The Morgan fingerprint density at radius 1 is 1.43 bits per heavy atom. The number of nitrogen functional groups attached to an aromatic ring is 1. The largest absolute Gasteiger partial charge is 0.464 e. The summed E-state index contributed by atoms with van der Waals surface area (Å²) in [6, 6.07) is -0.161. The van der Waals surface area contributed by atoms with Crippen molar-refractivity contribution in [3.05, 3.63) is 22.3 Å². The summed E-state index contributed by atoms with van der Waals surface area (Å²) in [5, 5.41) is 8.72. The maximum Gasteiger partial charge on any atom is 0.354 e. The Balaban J connectivity index is 1.49. The Bertz CT molecular complexity index is 895. The molecule has 4 heterocycles. The van der Waals surface area contributed by atoms with E-state index in [9.17, 15) is 9.59 Å². The van der Waals surface area contributed by atoms with E-state index in [2.05, 4.69) is 15.5 Å². The highest BCUT2D eigenvalue weighted by Crippen LogP contribution is 2.42. The molecule has 3 atom stereocenters. The van der Waals surface area contributed by atoms with Gasteiger partial charge in [-0.05, 0) is 18.4 Å². The number of aromatic nitrogens is 1. The van der Waals surface area contributed by atoms with Gasteiger partial charge in [-0.1, -0.05) is 5.16 Å². The number of amides is 1. The molecule has 0 radical (unpaired) electrons. The van der Waals surface area contributed by atoms with Crippen LogP contribution in [0.5, 0.6) is 0 Å². The summed E-state index contributed by atoms with van der Waals surface area (Å²) in [5.74, 6) is -0.111. The number of rotatable bonds is 6. The van der Waals surface area contributed by atoms with Crippen LogP contribution in [0.4, 0.5) is 5.13 Å². The third-order valence-electron chi connectivity index (χ3n) is 5.22. The summed E-state index contributed by atoms with van der Waals surface area (Å²) < 4.78 is 10.8. The second-order valence-corrected chi connectivity index (χ2v) is 8.99. The van der Waals surface area contributed by atoms with Crippen LogP contribution >= 0.6 is 23.1 Å². The second-order valence-electron chi connectivity index (χ2n) is 6.99. The number of thioether (sulfide) groups is 1. The molecule has 0 aliphatic carbocycles. The number of nitrogens with two attached hydrogens (primary N) is 1. The molecule has 30 heavy (non-hydrogen) atoms. The van der Waals surface area contributed by atoms with E-state index in [1.165, 1.54) is 25.6 Å². The molecule has 0 bridgehead atoms. The maximum absolute atomic E-state index is 12.8. The van der Waals surface area contributed by atoms with Crippen molar-refractivity contribution in [1.82, 2.24) is 15.2 Å². The Kier molecular flexibility index (Phi) is 6.16. The number of nitrogens with zero attached hydrogens (tertiary/aromatic N) is 3. The molecule has 0 saturated carbocycles. The summed E-state index contributed by atoms with van der Waals surface area (Å²) in [7, 11) is 2.75. The van der Waals surface area contributed by atoms with Crippen molar-refractivity contribution in [3.63, 3.8) is 0 Å². The zero-order valence-corrected chi connectivity index (χ0v) is 18.3. The minimum absolute atomic E-state index is 0.0447. The molecule has 4 rings (SSSR count). The van der Waals surface area contributed by atoms with Crippen molar-refractivity contribution in [1.29, 1.82) is 0 Å². The zero-order valence-electron chi connectivity index (χ0n) is 16.6. The normalized spacial score (nSPS) is 26.1. The first kappa shape index (κ1) is 20.9. The number of hydrogen-bond acceptors (Lipinski definition) is 11. The standard InChI is InChI=1S/C18H23N5O5S2/c1-26-17(25)14-9(12-4-3-5-28-12)7-29-16-10(6-23(14)16)20-15(24)13(22-27-2)11-8-30-18(19)21-11/h8,10,12,16H,3-7H2,1-2H3,(H2,19,21)(H,20,24)/b22-13-. The molecule has 3 aliphatic heterocycles. The van der Waals surface area contributed by atoms with Crippen LogP contribution in [-0.4, -0.2) is 78.1 Å². The third kappa shape index (κ3) is 3.86. The van der Waals surface area contributed by atoms with Crippen LogP contribution < -0.4 is 11.1 Å². The molecule has 3 unspecified atom stereocenters. The fraction of sp³-hybridized carbons (Fsp3) is 0.556. The van der Waals surface area contributed by atoms with Crippen LogP contribution in [-0.2, 0) is 23.9 Å². The summed E-state index contributed by atoms with van der Waals surface area (Å²) in [4.78, 5) is 36.2. The molecule has 1 aromatic rings. The minimum atomic E-state index is -0.402. The molecule has 12 heteroatoms. The zero-order chi connectivity index (χ0) is 21.3. The quantitative estimate of drug-likeness (QED) is 0.360. The summed E-state index contributed by atoms with van der Waals surface area (Å²) in [5.41, 5.74) is 7.64. The van der Waals surface area contributed by atoms with Crippen molar-refractivity contribution in [2.24, 2.45) is 5.16 Å². The summed E-state index contributed by atoms with van der Waals surface area (Å²) >= 11 is 2.90. The van der Waals surface area contributed by atoms with Gasteiger partial charge in [-0.15, -0.1) is 23.1 Å². The van der Waals surface area contributed by atoms with E-state index < -0.39 is 5.91 Å². The van der Waals surface area contributed by atoms with Gasteiger partial charge in [0.2, 0.25) is 0 Å². The predicted molar refractivity (Wildman–Crippen MR) is 113 cm³/mol. The lowest BCUT2D eigenvalue weighted by atomic mass is 10.00. The van der Waals surface area contributed by atoms with Crippen LogP contribution in [0.2, 0.25) is 0 Å². The Hall–Kier alpha value is -2.31. The van der Waals surface area contributed by atoms with Crippen molar-refractivity contribution >= 4 is 45.8 Å². The molecular weight excluding hydrogens is 430 g/mol. The Morgan fingerprint density at radius 2 is 2.27 bits per heavy atom. The molecule has 2 saturated heterocycles. The van der Waals surface area contributed by atoms with E-state index in [0.29, 0.717) is 35.4 Å². The van der Waals surface area contributed by atoms with E-state index in [1.807, 2.05) is 4.90 Å². The van der Waals surface area contributed by atoms with Gasteiger partial charge in [-0.3, -0.25) is 4.79 Å². The number of carbonyl (C=O) groups is 2. The number of anilines is 1. The van der Waals surface area contributed by atoms with Gasteiger partial charge in [0.15, 0.2) is 10.8 Å². The van der Waals surface area contributed by atoms with Gasteiger partial charge < -0.3 is 30.3 Å². The molecule has 1 aromatic heterocycles. The van der Waals surface area contributed by atoms with Gasteiger partial charge >= 0.3 is 5.97 Å². The number of carbonyl (C=O) groups excluding carboxylic acids is 2. The Labute approximate surface area is 181 Å². The number of oxime groups is 1. The minimum Gasteiger partial charge on any atom is -0.464 e. The van der Waals surface area contributed by atoms with Gasteiger partial charge in [0.25, 0.3) is 5.91 Å². The van der Waals surface area contributed by atoms with Crippen molar-refractivity contribution < 1.29 is 23.9 Å². The number of nitrogens with one attached hydrogen (secondary N) is 1. The highest BCUT2D eigenvalue weighted by Gasteiger charge is 2.48. The van der Waals surface area contributed by atoms with Gasteiger partial charge in [0, 0.05) is 24.3 Å². The lowest BCUT2D eigenvalue weighted by molar-refractivity contribution is -0.139. The second kappa shape index (κ2) is 8.82. The van der Waals surface area contributed by atoms with Crippen LogP contribution in [0, 0.1) is 0 Å². The van der Waals surface area contributed by atoms with E-state index in [0.717, 1.165) is 18.4 Å². The van der Waals surface area contributed by atoms with Gasteiger partial charge in [0.1, 0.15) is 18.5 Å². The van der Waals surface area contributed by atoms with Crippen LogP contribution in [0.1, 0.15) is 18.5 Å². The third-order valence-corrected chi connectivity index (χ3v) is 7.30. The molecule has 0 spiro atoms.